The molecule has 0 radical (unpaired) electrons. The standard InChI is InChI=1S/C24H34N2O3S/c1-8-22(26(30(7,28)29)21-11-9-10-17(2)16-21)23(27)25-18(3)19-12-14-20(15-13-19)24(4,5)6/h9-16,18,22H,8H2,1-7H3,(H,25,27)/t18-,22+/m0/s1. The fourth-order valence-corrected chi connectivity index (χ4v) is 4.69. The van der Waals surface area contributed by atoms with E-state index < -0.39 is 16.1 Å². The van der Waals surface area contributed by atoms with E-state index in [1.165, 1.54) is 9.87 Å². The Labute approximate surface area is 181 Å². The fourth-order valence-electron chi connectivity index (χ4n) is 3.49. The second-order valence-electron chi connectivity index (χ2n) is 8.92. The van der Waals surface area contributed by atoms with Gasteiger partial charge in [0.1, 0.15) is 6.04 Å². The summed E-state index contributed by atoms with van der Waals surface area (Å²) in [5.41, 5.74) is 3.69. The van der Waals surface area contributed by atoms with Crippen LogP contribution in [-0.4, -0.2) is 26.6 Å². The molecular weight excluding hydrogens is 396 g/mol. The van der Waals surface area contributed by atoms with Gasteiger partial charge in [0.2, 0.25) is 15.9 Å². The lowest BCUT2D eigenvalue weighted by Crippen LogP contribution is -2.49. The number of hydrogen-bond donors (Lipinski definition) is 1. The maximum absolute atomic E-state index is 13.1. The van der Waals surface area contributed by atoms with Crippen LogP contribution < -0.4 is 9.62 Å². The topological polar surface area (TPSA) is 66.5 Å². The Bertz CT molecular complexity index is 976. The minimum atomic E-state index is -3.64. The van der Waals surface area contributed by atoms with E-state index >= 15 is 0 Å². The van der Waals surface area contributed by atoms with Crippen molar-refractivity contribution in [2.75, 3.05) is 10.6 Å². The van der Waals surface area contributed by atoms with E-state index in [2.05, 4.69) is 38.2 Å². The van der Waals surface area contributed by atoms with Crippen molar-refractivity contribution >= 4 is 21.6 Å². The number of anilines is 1. The zero-order valence-electron chi connectivity index (χ0n) is 19.1. The number of nitrogens with zero attached hydrogens (tertiary/aromatic N) is 1. The highest BCUT2D eigenvalue weighted by atomic mass is 32.2. The Morgan fingerprint density at radius 2 is 1.70 bits per heavy atom. The van der Waals surface area contributed by atoms with Crippen molar-refractivity contribution in [1.29, 1.82) is 0 Å². The number of sulfonamides is 1. The van der Waals surface area contributed by atoms with E-state index in [-0.39, 0.29) is 17.4 Å². The molecule has 5 nitrogen and oxygen atoms in total. The Kier molecular flexibility index (Phi) is 7.35. The van der Waals surface area contributed by atoms with Gasteiger partial charge in [0.05, 0.1) is 18.0 Å². The van der Waals surface area contributed by atoms with Gasteiger partial charge in [-0.1, -0.05) is 64.1 Å². The molecular formula is C24H34N2O3S. The van der Waals surface area contributed by atoms with Gasteiger partial charge in [-0.3, -0.25) is 9.10 Å². The predicted octanol–water partition coefficient (Wildman–Crippen LogP) is 4.71. The van der Waals surface area contributed by atoms with Crippen molar-refractivity contribution < 1.29 is 13.2 Å². The van der Waals surface area contributed by atoms with Gasteiger partial charge in [-0.15, -0.1) is 0 Å². The van der Waals surface area contributed by atoms with Crippen LogP contribution in [0.2, 0.25) is 0 Å². The number of amides is 1. The quantitative estimate of drug-likeness (QED) is 0.691. The maximum Gasteiger partial charge on any atom is 0.244 e. The van der Waals surface area contributed by atoms with Crippen LogP contribution >= 0.6 is 0 Å². The normalized spacial score (nSPS) is 14.1. The first-order valence-corrected chi connectivity index (χ1v) is 12.2. The molecule has 0 fully saturated rings. The van der Waals surface area contributed by atoms with Gasteiger partial charge in [-0.05, 0) is 54.5 Å². The molecule has 0 aliphatic rings. The number of aryl methyl sites for hydroxylation is 1. The number of nitrogens with one attached hydrogen (secondary N) is 1. The Hall–Kier alpha value is -2.34. The van der Waals surface area contributed by atoms with Crippen LogP contribution in [0.1, 0.15) is 63.8 Å². The molecule has 0 saturated carbocycles. The lowest BCUT2D eigenvalue weighted by Gasteiger charge is -2.31. The molecule has 0 unspecified atom stereocenters. The third-order valence-corrected chi connectivity index (χ3v) is 6.40. The summed E-state index contributed by atoms with van der Waals surface area (Å²) in [6, 6.07) is 14.3. The fraction of sp³-hybridized carbons (Fsp3) is 0.458. The van der Waals surface area contributed by atoms with Gasteiger partial charge in [-0.2, -0.15) is 0 Å². The summed E-state index contributed by atoms with van der Waals surface area (Å²) in [4.78, 5) is 13.1. The number of carbonyl (C=O) groups excluding carboxylic acids is 1. The van der Waals surface area contributed by atoms with E-state index in [0.717, 1.165) is 17.4 Å². The van der Waals surface area contributed by atoms with E-state index in [1.54, 1.807) is 18.2 Å². The van der Waals surface area contributed by atoms with Gasteiger partial charge in [0.25, 0.3) is 0 Å². The molecule has 1 N–H and O–H groups in total. The van der Waals surface area contributed by atoms with Crippen LogP contribution in [0.5, 0.6) is 0 Å². The summed E-state index contributed by atoms with van der Waals surface area (Å²) in [6.07, 6.45) is 1.50. The molecule has 0 saturated heterocycles. The molecule has 30 heavy (non-hydrogen) atoms. The molecule has 0 spiro atoms. The summed E-state index contributed by atoms with van der Waals surface area (Å²) in [5.74, 6) is -0.308. The monoisotopic (exact) mass is 430 g/mol. The van der Waals surface area contributed by atoms with Crippen molar-refractivity contribution in [2.24, 2.45) is 0 Å². The second-order valence-corrected chi connectivity index (χ2v) is 10.8. The minimum absolute atomic E-state index is 0.0577. The molecule has 0 aromatic heterocycles. The first kappa shape index (κ1) is 23.9. The molecule has 2 aromatic rings. The van der Waals surface area contributed by atoms with Gasteiger partial charge < -0.3 is 5.32 Å². The van der Waals surface area contributed by atoms with Gasteiger partial charge in [-0.25, -0.2) is 8.42 Å². The summed E-state index contributed by atoms with van der Waals surface area (Å²) in [6.45, 7) is 12.1. The molecule has 2 atom stereocenters. The lowest BCUT2D eigenvalue weighted by atomic mass is 9.86. The van der Waals surface area contributed by atoms with Crippen molar-refractivity contribution in [3.8, 4) is 0 Å². The third-order valence-electron chi connectivity index (χ3n) is 5.22. The van der Waals surface area contributed by atoms with Crippen molar-refractivity contribution in [1.82, 2.24) is 5.32 Å². The lowest BCUT2D eigenvalue weighted by molar-refractivity contribution is -0.122. The van der Waals surface area contributed by atoms with E-state index in [9.17, 15) is 13.2 Å². The summed E-state index contributed by atoms with van der Waals surface area (Å²) >= 11 is 0. The number of rotatable bonds is 7. The Balaban J connectivity index is 2.27. The molecule has 2 aromatic carbocycles. The highest BCUT2D eigenvalue weighted by molar-refractivity contribution is 7.92. The maximum atomic E-state index is 13.1. The molecule has 0 bridgehead atoms. The van der Waals surface area contributed by atoms with Crippen LogP contribution in [0.3, 0.4) is 0 Å². The minimum Gasteiger partial charge on any atom is -0.348 e. The molecule has 2 rings (SSSR count). The second kappa shape index (κ2) is 9.21. The van der Waals surface area contributed by atoms with Crippen molar-refractivity contribution in [2.45, 2.75) is 65.5 Å². The van der Waals surface area contributed by atoms with Gasteiger partial charge in [0.15, 0.2) is 0 Å². The van der Waals surface area contributed by atoms with Gasteiger partial charge >= 0.3 is 0 Å². The smallest absolute Gasteiger partial charge is 0.244 e. The molecule has 0 aliphatic heterocycles. The van der Waals surface area contributed by atoms with E-state index in [0.29, 0.717) is 12.1 Å². The molecule has 6 heteroatoms. The van der Waals surface area contributed by atoms with Crippen molar-refractivity contribution in [3.63, 3.8) is 0 Å². The van der Waals surface area contributed by atoms with Crippen LogP contribution in [0.4, 0.5) is 5.69 Å². The zero-order valence-corrected chi connectivity index (χ0v) is 19.9. The van der Waals surface area contributed by atoms with Crippen molar-refractivity contribution in [3.05, 3.63) is 65.2 Å². The first-order valence-electron chi connectivity index (χ1n) is 10.3. The first-order chi connectivity index (χ1) is 13.8. The van der Waals surface area contributed by atoms with Gasteiger partial charge in [0, 0.05) is 0 Å². The Morgan fingerprint density at radius 1 is 1.10 bits per heavy atom. The van der Waals surface area contributed by atoms with Crippen LogP contribution in [0.25, 0.3) is 0 Å². The average molecular weight is 431 g/mol. The third kappa shape index (κ3) is 5.85. The highest BCUT2D eigenvalue weighted by Crippen LogP contribution is 2.26. The van der Waals surface area contributed by atoms with E-state index in [1.807, 2.05) is 39.0 Å². The zero-order chi connectivity index (χ0) is 22.7. The molecule has 0 heterocycles. The van der Waals surface area contributed by atoms with Crippen LogP contribution in [0.15, 0.2) is 48.5 Å². The van der Waals surface area contributed by atoms with Crippen LogP contribution in [0, 0.1) is 6.92 Å². The average Bonchev–Trinajstić information content (AvgIpc) is 2.64. The Morgan fingerprint density at radius 3 is 2.17 bits per heavy atom. The molecule has 164 valence electrons. The SMILES string of the molecule is CC[C@H](C(=O)N[C@@H](C)c1ccc(C(C)(C)C)cc1)N(c1cccc(C)c1)S(C)(=O)=O. The summed E-state index contributed by atoms with van der Waals surface area (Å²) < 4.78 is 26.4. The largest absolute Gasteiger partial charge is 0.348 e. The highest BCUT2D eigenvalue weighted by Gasteiger charge is 2.32. The van der Waals surface area contributed by atoms with Crippen LogP contribution in [-0.2, 0) is 20.2 Å². The predicted molar refractivity (Wildman–Crippen MR) is 124 cm³/mol. The number of hydrogen-bond acceptors (Lipinski definition) is 3. The molecule has 1 amide bonds. The van der Waals surface area contributed by atoms with E-state index in [4.69, 9.17) is 0 Å². The summed E-state index contributed by atoms with van der Waals surface area (Å²) in [7, 11) is -3.64. The molecule has 0 aliphatic carbocycles. The summed E-state index contributed by atoms with van der Waals surface area (Å²) in [5, 5.41) is 3.00. The number of carbonyl (C=O) groups is 1. The number of benzene rings is 2.